The van der Waals surface area contributed by atoms with Crippen molar-refractivity contribution in [1.29, 1.82) is 0 Å². The van der Waals surface area contributed by atoms with E-state index < -0.39 is 0 Å². The molecule has 0 aromatic carbocycles. The molecule has 0 aromatic heterocycles. The number of fused-ring (bicyclic) bond motifs is 5. The summed E-state index contributed by atoms with van der Waals surface area (Å²) in [6.45, 7) is 7.89. The summed E-state index contributed by atoms with van der Waals surface area (Å²) >= 11 is 0. The van der Waals surface area contributed by atoms with Gasteiger partial charge in [-0.25, -0.2) is 0 Å². The van der Waals surface area contributed by atoms with Crippen molar-refractivity contribution in [2.45, 2.75) is 39.0 Å². The lowest BCUT2D eigenvalue weighted by atomic mass is 9.85. The Hall–Kier alpha value is -1.89. The van der Waals surface area contributed by atoms with E-state index in [1.54, 1.807) is 0 Å². The molecule has 1 saturated carbocycles. The minimum absolute atomic E-state index is 0.0294. The van der Waals surface area contributed by atoms with Crippen LogP contribution in [0.4, 0.5) is 0 Å². The van der Waals surface area contributed by atoms with E-state index in [0.717, 1.165) is 32.0 Å². The van der Waals surface area contributed by atoms with Crippen molar-refractivity contribution in [3.05, 3.63) is 12.2 Å². The number of hydrogen-bond donors (Lipinski definition) is 2. The summed E-state index contributed by atoms with van der Waals surface area (Å²) in [6, 6.07) is 0. The zero-order chi connectivity index (χ0) is 20.2. The Morgan fingerprint density at radius 2 is 1.66 bits per heavy atom. The topological polar surface area (TPSA) is 77.0 Å². The molecule has 2 aliphatic carbocycles. The second kappa shape index (κ2) is 9.28. The minimum atomic E-state index is -0.104. The summed E-state index contributed by atoms with van der Waals surface area (Å²) in [4.78, 5) is 34.2. The predicted octanol–water partition coefficient (Wildman–Crippen LogP) is 1.22. The molecule has 0 spiro atoms. The molecule has 2 N–H and O–H groups in total. The average Bonchev–Trinajstić information content (AvgIpc) is 3.32. The van der Waals surface area contributed by atoms with Crippen molar-refractivity contribution >= 4 is 17.8 Å². The molecule has 2 bridgehead atoms. The van der Waals surface area contributed by atoms with Crippen molar-refractivity contribution in [2.75, 3.05) is 45.8 Å². The van der Waals surface area contributed by atoms with Crippen molar-refractivity contribution in [2.24, 2.45) is 28.7 Å². The highest BCUT2D eigenvalue weighted by atomic mass is 16.2. The SMILES string of the molecule is CCNC(=NCCN1CCCCCC1)NCCN1C(=O)C2C3C=CC(C3)C2C1=O. The van der Waals surface area contributed by atoms with E-state index in [0.29, 0.717) is 13.1 Å². The maximum Gasteiger partial charge on any atom is 0.233 e. The van der Waals surface area contributed by atoms with Crippen molar-refractivity contribution in [3.8, 4) is 0 Å². The first-order valence-corrected chi connectivity index (χ1v) is 11.5. The van der Waals surface area contributed by atoms with Gasteiger partial charge in [0.05, 0.1) is 18.4 Å². The molecule has 3 fully saturated rings. The van der Waals surface area contributed by atoms with Gasteiger partial charge in [0, 0.05) is 26.2 Å². The van der Waals surface area contributed by atoms with Crippen LogP contribution in [0.15, 0.2) is 17.1 Å². The number of imide groups is 1. The first-order valence-electron chi connectivity index (χ1n) is 11.5. The molecule has 2 heterocycles. The van der Waals surface area contributed by atoms with Gasteiger partial charge in [-0.3, -0.25) is 19.5 Å². The van der Waals surface area contributed by atoms with Gasteiger partial charge in [-0.15, -0.1) is 0 Å². The fourth-order valence-electron chi connectivity index (χ4n) is 5.48. The van der Waals surface area contributed by atoms with Gasteiger partial charge in [-0.05, 0) is 51.1 Å². The maximum atomic E-state index is 12.8. The Labute approximate surface area is 174 Å². The number of carbonyl (C=O) groups is 2. The van der Waals surface area contributed by atoms with Crippen LogP contribution in [-0.2, 0) is 9.59 Å². The van der Waals surface area contributed by atoms with Gasteiger partial charge in [0.25, 0.3) is 0 Å². The molecule has 160 valence electrons. The Kier molecular flexibility index (Phi) is 6.53. The lowest BCUT2D eigenvalue weighted by molar-refractivity contribution is -0.140. The van der Waals surface area contributed by atoms with Crippen LogP contribution >= 0.6 is 0 Å². The van der Waals surface area contributed by atoms with Crippen LogP contribution in [-0.4, -0.2) is 73.4 Å². The summed E-state index contributed by atoms with van der Waals surface area (Å²) in [5.74, 6) is 1.17. The average molecular weight is 402 g/mol. The van der Waals surface area contributed by atoms with Gasteiger partial charge in [0.15, 0.2) is 5.96 Å². The fraction of sp³-hybridized carbons (Fsp3) is 0.773. The van der Waals surface area contributed by atoms with E-state index in [9.17, 15) is 9.59 Å². The molecule has 7 nitrogen and oxygen atoms in total. The predicted molar refractivity (Wildman–Crippen MR) is 113 cm³/mol. The highest BCUT2D eigenvalue weighted by Gasteiger charge is 2.58. The van der Waals surface area contributed by atoms with Gasteiger partial charge in [-0.2, -0.15) is 0 Å². The number of carbonyl (C=O) groups excluding carboxylic acids is 2. The number of amides is 2. The van der Waals surface area contributed by atoms with E-state index in [1.807, 2.05) is 6.92 Å². The number of allylic oxidation sites excluding steroid dienone is 2. The van der Waals surface area contributed by atoms with Gasteiger partial charge in [-0.1, -0.05) is 25.0 Å². The first kappa shape index (κ1) is 20.4. The maximum absolute atomic E-state index is 12.8. The zero-order valence-corrected chi connectivity index (χ0v) is 17.6. The van der Waals surface area contributed by atoms with Gasteiger partial charge in [0.1, 0.15) is 0 Å². The second-order valence-corrected chi connectivity index (χ2v) is 8.77. The number of guanidine groups is 1. The van der Waals surface area contributed by atoms with Gasteiger partial charge in [0.2, 0.25) is 11.8 Å². The lowest BCUT2D eigenvalue weighted by Crippen LogP contribution is -2.44. The van der Waals surface area contributed by atoms with Crippen LogP contribution < -0.4 is 10.6 Å². The summed E-state index contributed by atoms with van der Waals surface area (Å²) in [5, 5.41) is 6.57. The van der Waals surface area contributed by atoms with E-state index in [1.165, 1.54) is 43.7 Å². The minimum Gasteiger partial charge on any atom is -0.357 e. The van der Waals surface area contributed by atoms with Crippen LogP contribution in [0.5, 0.6) is 0 Å². The molecule has 0 aromatic rings. The molecule has 4 unspecified atom stereocenters. The van der Waals surface area contributed by atoms with Gasteiger partial charge >= 0.3 is 0 Å². The summed E-state index contributed by atoms with van der Waals surface area (Å²) in [5.41, 5.74) is 0. The summed E-state index contributed by atoms with van der Waals surface area (Å²) in [7, 11) is 0. The number of aliphatic imine (C=N–C) groups is 1. The third-order valence-electron chi connectivity index (χ3n) is 6.92. The number of nitrogens with zero attached hydrogens (tertiary/aromatic N) is 3. The van der Waals surface area contributed by atoms with Crippen LogP contribution in [0, 0.1) is 23.7 Å². The smallest absolute Gasteiger partial charge is 0.233 e. The first-order chi connectivity index (χ1) is 14.2. The van der Waals surface area contributed by atoms with Crippen molar-refractivity contribution in [1.82, 2.24) is 20.4 Å². The summed E-state index contributed by atoms with van der Waals surface area (Å²) < 4.78 is 0. The standard InChI is InChI=1S/C22H35N5O2/c1-2-23-22(24-9-13-26-11-5-3-4-6-12-26)25-10-14-27-20(28)18-16-7-8-17(15-16)19(18)21(27)29/h7-8,16-19H,2-6,9-15H2,1H3,(H2,23,24,25). The Morgan fingerprint density at radius 3 is 2.28 bits per heavy atom. The number of rotatable bonds is 7. The van der Waals surface area contributed by atoms with Crippen LogP contribution in [0.1, 0.15) is 39.0 Å². The monoisotopic (exact) mass is 401 g/mol. The molecular weight excluding hydrogens is 366 g/mol. The van der Waals surface area contributed by atoms with E-state index in [-0.39, 0.29) is 35.5 Å². The number of nitrogens with one attached hydrogen (secondary N) is 2. The zero-order valence-electron chi connectivity index (χ0n) is 17.6. The molecule has 2 amide bonds. The van der Waals surface area contributed by atoms with E-state index in [4.69, 9.17) is 0 Å². The van der Waals surface area contributed by atoms with Crippen LogP contribution in [0.3, 0.4) is 0 Å². The van der Waals surface area contributed by atoms with E-state index in [2.05, 4.69) is 32.7 Å². The highest BCUT2D eigenvalue weighted by Crippen LogP contribution is 2.52. The van der Waals surface area contributed by atoms with Crippen LogP contribution in [0.25, 0.3) is 0 Å². The highest BCUT2D eigenvalue weighted by molar-refractivity contribution is 6.06. The van der Waals surface area contributed by atoms with E-state index >= 15 is 0 Å². The van der Waals surface area contributed by atoms with Gasteiger partial charge < -0.3 is 15.5 Å². The molecule has 2 saturated heterocycles. The second-order valence-electron chi connectivity index (χ2n) is 8.77. The lowest BCUT2D eigenvalue weighted by Gasteiger charge is -2.20. The quantitative estimate of drug-likeness (QED) is 0.290. The fourth-order valence-corrected chi connectivity index (χ4v) is 5.48. The Bertz CT molecular complexity index is 638. The summed E-state index contributed by atoms with van der Waals surface area (Å²) in [6.07, 6.45) is 10.5. The number of hydrogen-bond acceptors (Lipinski definition) is 4. The molecule has 4 rings (SSSR count). The molecule has 0 radical (unpaired) electrons. The third-order valence-corrected chi connectivity index (χ3v) is 6.92. The Morgan fingerprint density at radius 1 is 1.00 bits per heavy atom. The normalized spacial score (nSPS) is 32.0. The molecule has 29 heavy (non-hydrogen) atoms. The molecular formula is C22H35N5O2. The molecule has 2 aliphatic heterocycles. The number of likely N-dealkylation sites (tertiary alicyclic amines) is 2. The molecule has 7 heteroatoms. The Balaban J connectivity index is 1.24. The van der Waals surface area contributed by atoms with Crippen molar-refractivity contribution < 1.29 is 9.59 Å². The molecule has 4 atom stereocenters. The van der Waals surface area contributed by atoms with Crippen LogP contribution in [0.2, 0.25) is 0 Å². The van der Waals surface area contributed by atoms with Crippen molar-refractivity contribution in [3.63, 3.8) is 0 Å². The third kappa shape index (κ3) is 4.34. The molecule has 4 aliphatic rings. The largest absolute Gasteiger partial charge is 0.357 e.